The van der Waals surface area contributed by atoms with Crippen LogP contribution in [0.3, 0.4) is 0 Å². The normalized spacial score (nSPS) is 21.7. The number of anilines is 2. The highest BCUT2D eigenvalue weighted by atomic mass is 16.5. The third kappa shape index (κ3) is 3.71. The Morgan fingerprint density at radius 1 is 1.40 bits per heavy atom. The Hall–Kier alpha value is -1.59. The lowest BCUT2D eigenvalue weighted by molar-refractivity contribution is -0.121. The Kier molecular flexibility index (Phi) is 5.38. The second kappa shape index (κ2) is 7.26. The standard InChI is InChI=1S/C15H22N2O3/c1-11-12(7-9-20-11)15(18)17-14-6-4-3-5-13(14)16-8-10-19-2/h3-6,11-12,16H,7-10H2,1-2H3,(H,17,18)/t11-,12+/m0/s1. The predicted molar refractivity (Wildman–Crippen MR) is 79.0 cm³/mol. The van der Waals surface area contributed by atoms with Crippen molar-refractivity contribution in [2.45, 2.75) is 19.4 Å². The molecule has 2 rings (SSSR count). The van der Waals surface area contributed by atoms with Gasteiger partial charge >= 0.3 is 0 Å². The first-order valence-electron chi connectivity index (χ1n) is 6.96. The molecule has 1 heterocycles. The van der Waals surface area contributed by atoms with Crippen LogP contribution in [0.25, 0.3) is 0 Å². The highest BCUT2D eigenvalue weighted by Crippen LogP contribution is 2.25. The lowest BCUT2D eigenvalue weighted by Gasteiger charge is -2.17. The van der Waals surface area contributed by atoms with Crippen LogP contribution in [-0.4, -0.2) is 38.9 Å². The Morgan fingerprint density at radius 2 is 2.15 bits per heavy atom. The highest BCUT2D eigenvalue weighted by Gasteiger charge is 2.30. The maximum atomic E-state index is 12.3. The number of hydrogen-bond acceptors (Lipinski definition) is 4. The van der Waals surface area contributed by atoms with Crippen LogP contribution in [0.5, 0.6) is 0 Å². The van der Waals surface area contributed by atoms with Crippen molar-refractivity contribution in [3.63, 3.8) is 0 Å². The fourth-order valence-corrected chi connectivity index (χ4v) is 2.34. The van der Waals surface area contributed by atoms with Crippen LogP contribution in [-0.2, 0) is 14.3 Å². The van der Waals surface area contributed by atoms with Crippen molar-refractivity contribution in [3.8, 4) is 0 Å². The van der Waals surface area contributed by atoms with Crippen molar-refractivity contribution in [3.05, 3.63) is 24.3 Å². The molecule has 1 aliphatic heterocycles. The Labute approximate surface area is 119 Å². The number of para-hydroxylation sites is 2. The molecule has 1 fully saturated rings. The van der Waals surface area contributed by atoms with Crippen LogP contribution < -0.4 is 10.6 Å². The van der Waals surface area contributed by atoms with Crippen LogP contribution in [0.1, 0.15) is 13.3 Å². The zero-order valence-corrected chi connectivity index (χ0v) is 12.0. The van der Waals surface area contributed by atoms with E-state index < -0.39 is 0 Å². The molecule has 2 N–H and O–H groups in total. The van der Waals surface area contributed by atoms with Gasteiger partial charge in [-0.3, -0.25) is 4.79 Å². The second-order valence-corrected chi connectivity index (χ2v) is 4.93. The molecule has 0 unspecified atom stereocenters. The van der Waals surface area contributed by atoms with Crippen molar-refractivity contribution in [2.75, 3.05) is 37.5 Å². The van der Waals surface area contributed by atoms with Gasteiger partial charge in [0, 0.05) is 20.3 Å². The quantitative estimate of drug-likeness (QED) is 0.782. The molecule has 110 valence electrons. The zero-order valence-electron chi connectivity index (χ0n) is 12.0. The van der Waals surface area contributed by atoms with E-state index in [2.05, 4.69) is 10.6 Å². The fraction of sp³-hybridized carbons (Fsp3) is 0.533. The van der Waals surface area contributed by atoms with Gasteiger partial charge in [-0.05, 0) is 25.5 Å². The molecule has 1 aromatic rings. The lowest BCUT2D eigenvalue weighted by atomic mass is 10.0. The molecule has 0 aromatic heterocycles. The monoisotopic (exact) mass is 278 g/mol. The molecule has 2 atom stereocenters. The van der Waals surface area contributed by atoms with E-state index in [0.29, 0.717) is 19.8 Å². The van der Waals surface area contributed by atoms with Crippen molar-refractivity contribution in [2.24, 2.45) is 5.92 Å². The molecular formula is C15H22N2O3. The number of ether oxygens (including phenoxy) is 2. The number of amides is 1. The van der Waals surface area contributed by atoms with Crippen molar-refractivity contribution in [1.29, 1.82) is 0 Å². The van der Waals surface area contributed by atoms with Crippen molar-refractivity contribution in [1.82, 2.24) is 0 Å². The van der Waals surface area contributed by atoms with E-state index in [1.807, 2.05) is 31.2 Å². The molecule has 0 radical (unpaired) electrons. The van der Waals surface area contributed by atoms with Crippen molar-refractivity contribution < 1.29 is 14.3 Å². The summed E-state index contributed by atoms with van der Waals surface area (Å²) >= 11 is 0. The molecule has 5 heteroatoms. The van der Waals surface area contributed by atoms with Gasteiger partial charge in [-0.15, -0.1) is 0 Å². The number of carbonyl (C=O) groups excluding carboxylic acids is 1. The molecule has 0 saturated carbocycles. The Morgan fingerprint density at radius 3 is 2.80 bits per heavy atom. The smallest absolute Gasteiger partial charge is 0.230 e. The van der Waals surface area contributed by atoms with Crippen LogP contribution in [0.4, 0.5) is 11.4 Å². The number of nitrogens with one attached hydrogen (secondary N) is 2. The van der Waals surface area contributed by atoms with E-state index in [9.17, 15) is 4.79 Å². The first-order valence-corrected chi connectivity index (χ1v) is 6.96. The van der Waals surface area contributed by atoms with Gasteiger partial charge in [-0.2, -0.15) is 0 Å². The molecule has 0 bridgehead atoms. The van der Waals surface area contributed by atoms with Gasteiger partial charge in [-0.1, -0.05) is 12.1 Å². The summed E-state index contributed by atoms with van der Waals surface area (Å²) in [6, 6.07) is 7.69. The summed E-state index contributed by atoms with van der Waals surface area (Å²) in [7, 11) is 1.66. The molecule has 1 saturated heterocycles. The summed E-state index contributed by atoms with van der Waals surface area (Å²) in [5.41, 5.74) is 1.71. The molecular weight excluding hydrogens is 256 g/mol. The highest BCUT2D eigenvalue weighted by molar-refractivity contribution is 5.96. The van der Waals surface area contributed by atoms with Crippen LogP contribution in [0, 0.1) is 5.92 Å². The van der Waals surface area contributed by atoms with E-state index in [4.69, 9.17) is 9.47 Å². The number of rotatable bonds is 6. The number of carbonyl (C=O) groups is 1. The van der Waals surface area contributed by atoms with Gasteiger partial charge in [0.15, 0.2) is 0 Å². The molecule has 1 aromatic carbocycles. The maximum Gasteiger partial charge on any atom is 0.230 e. The topological polar surface area (TPSA) is 59.6 Å². The summed E-state index contributed by atoms with van der Waals surface area (Å²) in [6.07, 6.45) is 0.773. The zero-order chi connectivity index (χ0) is 14.4. The number of hydrogen-bond donors (Lipinski definition) is 2. The molecule has 20 heavy (non-hydrogen) atoms. The van der Waals surface area contributed by atoms with E-state index in [1.54, 1.807) is 7.11 Å². The first kappa shape index (κ1) is 14.8. The minimum atomic E-state index is -0.0676. The fourth-order valence-electron chi connectivity index (χ4n) is 2.34. The molecule has 0 aliphatic carbocycles. The number of benzene rings is 1. The third-order valence-electron chi connectivity index (χ3n) is 3.52. The lowest BCUT2D eigenvalue weighted by Crippen LogP contribution is -2.28. The summed E-state index contributed by atoms with van der Waals surface area (Å²) in [5.74, 6) is -0.0435. The van der Waals surface area contributed by atoms with E-state index in [-0.39, 0.29) is 17.9 Å². The minimum absolute atomic E-state index is 0.0105. The van der Waals surface area contributed by atoms with Crippen LogP contribution in [0.2, 0.25) is 0 Å². The predicted octanol–water partition coefficient (Wildman–Crippen LogP) is 2.11. The van der Waals surface area contributed by atoms with E-state index in [1.165, 1.54) is 0 Å². The van der Waals surface area contributed by atoms with Crippen molar-refractivity contribution >= 4 is 17.3 Å². The molecule has 0 spiro atoms. The average molecular weight is 278 g/mol. The van der Waals surface area contributed by atoms with E-state index >= 15 is 0 Å². The van der Waals surface area contributed by atoms with Crippen LogP contribution in [0.15, 0.2) is 24.3 Å². The van der Waals surface area contributed by atoms with Gasteiger partial charge in [0.1, 0.15) is 0 Å². The van der Waals surface area contributed by atoms with Gasteiger partial charge in [-0.25, -0.2) is 0 Å². The SMILES string of the molecule is COCCNc1ccccc1NC(=O)[C@@H]1CCO[C@H]1C. The number of methoxy groups -OCH3 is 1. The largest absolute Gasteiger partial charge is 0.383 e. The van der Waals surface area contributed by atoms with Crippen LogP contribution >= 0.6 is 0 Å². The second-order valence-electron chi connectivity index (χ2n) is 4.93. The molecule has 1 amide bonds. The van der Waals surface area contributed by atoms with Gasteiger partial charge in [0.2, 0.25) is 5.91 Å². The van der Waals surface area contributed by atoms with Gasteiger partial charge in [0.05, 0.1) is 30.0 Å². The average Bonchev–Trinajstić information content (AvgIpc) is 2.87. The minimum Gasteiger partial charge on any atom is -0.383 e. The third-order valence-corrected chi connectivity index (χ3v) is 3.52. The Bertz CT molecular complexity index is 450. The van der Waals surface area contributed by atoms with Gasteiger partial charge < -0.3 is 20.1 Å². The summed E-state index contributed by atoms with van der Waals surface area (Å²) < 4.78 is 10.5. The maximum absolute atomic E-state index is 12.3. The summed E-state index contributed by atoms with van der Waals surface area (Å²) in [4.78, 5) is 12.3. The van der Waals surface area contributed by atoms with E-state index in [0.717, 1.165) is 17.8 Å². The molecule has 1 aliphatic rings. The first-order chi connectivity index (χ1) is 9.72. The Balaban J connectivity index is 1.99. The summed E-state index contributed by atoms with van der Waals surface area (Å²) in [6.45, 7) is 3.93. The van der Waals surface area contributed by atoms with Gasteiger partial charge in [0.25, 0.3) is 0 Å². The molecule has 5 nitrogen and oxygen atoms in total. The summed E-state index contributed by atoms with van der Waals surface area (Å²) in [5, 5.41) is 6.24.